The first-order valence-electron chi connectivity index (χ1n) is 12.9. The number of allylic oxidation sites excluding steroid dienone is 1. The third kappa shape index (κ3) is 4.04. The van der Waals surface area contributed by atoms with E-state index in [1.165, 1.54) is 0 Å². The summed E-state index contributed by atoms with van der Waals surface area (Å²) in [6.45, 7) is 9.86. The zero-order chi connectivity index (χ0) is 27.2. The van der Waals surface area contributed by atoms with E-state index < -0.39 is 5.41 Å². The van der Waals surface area contributed by atoms with Crippen LogP contribution in [-0.4, -0.2) is 25.5 Å². The highest BCUT2D eigenvalue weighted by Gasteiger charge is 2.50. The molecule has 1 aliphatic heterocycles. The number of nitrogens with zero attached hydrogens (tertiary/aromatic N) is 4. The maximum Gasteiger partial charge on any atom is 0.222 e. The van der Waals surface area contributed by atoms with Gasteiger partial charge in [0, 0.05) is 23.3 Å². The molecular weight excluding hydrogens is 480 g/mol. The van der Waals surface area contributed by atoms with Gasteiger partial charge in [0.15, 0.2) is 0 Å². The predicted molar refractivity (Wildman–Crippen MR) is 139 cm³/mol. The van der Waals surface area contributed by atoms with E-state index >= 15 is 0 Å². The molecule has 3 aromatic rings. The molecule has 0 saturated heterocycles. The van der Waals surface area contributed by atoms with Crippen LogP contribution >= 0.6 is 0 Å². The Balaban J connectivity index is 1.51. The largest absolute Gasteiger partial charge is 0.425 e. The maximum absolute atomic E-state index is 10.2. The van der Waals surface area contributed by atoms with Gasteiger partial charge in [0.2, 0.25) is 23.5 Å². The minimum atomic E-state index is -0.918. The number of fused-ring (bicyclic) bond motifs is 1. The number of nitriles is 1. The molecule has 2 aliphatic rings. The van der Waals surface area contributed by atoms with Gasteiger partial charge in [0.05, 0.1) is 23.3 Å². The van der Waals surface area contributed by atoms with Gasteiger partial charge in [0.1, 0.15) is 11.6 Å². The molecule has 1 aromatic carbocycles. The number of hydrogen-bond donors (Lipinski definition) is 3. The van der Waals surface area contributed by atoms with Crippen molar-refractivity contribution in [3.05, 3.63) is 69.4 Å². The van der Waals surface area contributed by atoms with Gasteiger partial charge in [-0.25, -0.2) is 5.10 Å². The molecule has 196 valence electrons. The molecule has 0 radical (unpaired) electrons. The zero-order valence-electron chi connectivity index (χ0n) is 22.3. The van der Waals surface area contributed by atoms with Gasteiger partial charge >= 0.3 is 0 Å². The lowest BCUT2D eigenvalue weighted by Crippen LogP contribution is -2.41. The smallest absolute Gasteiger partial charge is 0.222 e. The van der Waals surface area contributed by atoms with Crippen LogP contribution in [0.4, 0.5) is 0 Å². The van der Waals surface area contributed by atoms with E-state index in [9.17, 15) is 10.4 Å². The summed E-state index contributed by atoms with van der Waals surface area (Å²) in [6.07, 6.45) is 1.73. The van der Waals surface area contributed by atoms with E-state index in [2.05, 4.69) is 38.3 Å². The Hall–Kier alpha value is -4.08. The molecule has 38 heavy (non-hydrogen) atoms. The fourth-order valence-electron chi connectivity index (χ4n) is 5.62. The Kier molecular flexibility index (Phi) is 6.50. The van der Waals surface area contributed by atoms with Gasteiger partial charge in [0.25, 0.3) is 0 Å². The Bertz CT molecular complexity index is 1510. The number of aromatic amines is 1. The molecule has 5 rings (SSSR count). The molecule has 1 fully saturated rings. The Morgan fingerprint density at radius 2 is 1.97 bits per heavy atom. The number of rotatable bonds is 5. The van der Waals surface area contributed by atoms with Gasteiger partial charge in [-0.3, -0.25) is 0 Å². The van der Waals surface area contributed by atoms with Crippen molar-refractivity contribution in [1.82, 2.24) is 20.4 Å². The SMILES string of the molecule is Cc1n[nH]c2c1C(c1cc(C#C[C@H]3C[C@H](c4nnc(C(C)C)o4)C3)cc(CO)c1)(C(C)C)C(C#N)=C(N)O2. The second-order valence-corrected chi connectivity index (χ2v) is 10.8. The summed E-state index contributed by atoms with van der Waals surface area (Å²) in [7, 11) is 0. The summed E-state index contributed by atoms with van der Waals surface area (Å²) in [5, 5.41) is 36.0. The predicted octanol–water partition coefficient (Wildman–Crippen LogP) is 4.29. The summed E-state index contributed by atoms with van der Waals surface area (Å²) < 4.78 is 11.6. The van der Waals surface area contributed by atoms with Crippen molar-refractivity contribution in [2.45, 2.75) is 71.3 Å². The zero-order valence-corrected chi connectivity index (χ0v) is 22.3. The van der Waals surface area contributed by atoms with Crippen LogP contribution in [0.25, 0.3) is 0 Å². The van der Waals surface area contributed by atoms with E-state index in [1.54, 1.807) is 0 Å². The fraction of sp³-hybridized carbons (Fsp3) is 0.448. The van der Waals surface area contributed by atoms with Crippen LogP contribution in [0.5, 0.6) is 5.88 Å². The van der Waals surface area contributed by atoms with Crippen LogP contribution in [-0.2, 0) is 12.0 Å². The van der Waals surface area contributed by atoms with Crippen molar-refractivity contribution in [3.8, 4) is 23.8 Å². The molecule has 3 heterocycles. The van der Waals surface area contributed by atoms with Crippen molar-refractivity contribution < 1.29 is 14.3 Å². The third-order valence-corrected chi connectivity index (χ3v) is 7.63. The maximum atomic E-state index is 10.2. The van der Waals surface area contributed by atoms with Crippen molar-refractivity contribution in [2.24, 2.45) is 17.6 Å². The minimum absolute atomic E-state index is 0.0431. The Morgan fingerprint density at radius 1 is 1.21 bits per heavy atom. The summed E-state index contributed by atoms with van der Waals surface area (Å²) in [5.74, 6) is 9.09. The highest BCUT2D eigenvalue weighted by Crippen LogP contribution is 2.52. The number of aliphatic hydroxyl groups is 1. The lowest BCUT2D eigenvalue weighted by atomic mass is 9.61. The van der Waals surface area contributed by atoms with Crippen LogP contribution in [0, 0.1) is 41.9 Å². The molecule has 9 heteroatoms. The van der Waals surface area contributed by atoms with Crippen molar-refractivity contribution in [1.29, 1.82) is 5.26 Å². The molecule has 1 saturated carbocycles. The van der Waals surface area contributed by atoms with E-state index in [0.29, 0.717) is 28.8 Å². The van der Waals surface area contributed by atoms with Crippen molar-refractivity contribution in [2.75, 3.05) is 0 Å². The number of ether oxygens (including phenoxy) is 1. The molecular formula is C29H32N6O3. The van der Waals surface area contributed by atoms with Crippen LogP contribution in [0.1, 0.15) is 92.1 Å². The number of aromatic nitrogens is 4. The van der Waals surface area contributed by atoms with Crippen LogP contribution in [0.15, 0.2) is 34.1 Å². The number of benzene rings is 1. The van der Waals surface area contributed by atoms with E-state index in [-0.39, 0.29) is 36.2 Å². The number of aliphatic hydroxyl groups excluding tert-OH is 1. The number of hydrogen-bond acceptors (Lipinski definition) is 8. The average Bonchev–Trinajstić information content (AvgIpc) is 3.49. The van der Waals surface area contributed by atoms with Gasteiger partial charge in [-0.05, 0) is 48.9 Å². The molecule has 9 nitrogen and oxygen atoms in total. The summed E-state index contributed by atoms with van der Waals surface area (Å²) >= 11 is 0. The Labute approximate surface area is 222 Å². The average molecular weight is 513 g/mol. The topological polar surface area (TPSA) is 147 Å². The van der Waals surface area contributed by atoms with E-state index in [4.69, 9.17) is 14.9 Å². The second kappa shape index (κ2) is 9.66. The second-order valence-electron chi connectivity index (χ2n) is 10.8. The van der Waals surface area contributed by atoms with Crippen LogP contribution < -0.4 is 10.5 Å². The molecule has 1 aliphatic carbocycles. The standard InChI is InChI=1S/C29H32N6O3/c1-15(2)26-33-34-27(38-26)21-9-19(10-21)7-6-18-8-20(14-36)12-22(11-18)29(16(3)4)23(13-30)25(31)37-28-24(29)17(5)32-35-28/h8,11-12,15-16,19,21,36H,9-10,14,31H2,1-5H3,(H,32,35)/t19-,21-,29?. The lowest BCUT2D eigenvalue weighted by molar-refractivity contribution is 0.272. The first kappa shape index (κ1) is 25.6. The van der Waals surface area contributed by atoms with Crippen molar-refractivity contribution in [3.63, 3.8) is 0 Å². The molecule has 0 spiro atoms. The van der Waals surface area contributed by atoms with Crippen LogP contribution in [0.2, 0.25) is 0 Å². The highest BCUT2D eigenvalue weighted by atomic mass is 16.5. The normalized spacial score (nSPS) is 22.4. The molecule has 0 amide bonds. The van der Waals surface area contributed by atoms with E-state index in [0.717, 1.165) is 35.2 Å². The minimum Gasteiger partial charge on any atom is -0.425 e. The van der Waals surface area contributed by atoms with Gasteiger partial charge in [-0.15, -0.1) is 10.2 Å². The first-order chi connectivity index (χ1) is 18.2. The number of nitrogens with two attached hydrogens (primary N) is 1. The monoisotopic (exact) mass is 512 g/mol. The quantitative estimate of drug-likeness (QED) is 0.429. The van der Waals surface area contributed by atoms with Gasteiger partial charge in [-0.2, -0.15) is 10.4 Å². The van der Waals surface area contributed by atoms with Gasteiger partial charge in [-0.1, -0.05) is 45.6 Å². The summed E-state index contributed by atoms with van der Waals surface area (Å²) in [4.78, 5) is 0. The number of H-pyrrole nitrogens is 1. The number of nitrogens with one attached hydrogen (secondary N) is 1. The molecule has 0 bridgehead atoms. The molecule has 2 aromatic heterocycles. The highest BCUT2D eigenvalue weighted by molar-refractivity contribution is 5.63. The van der Waals surface area contributed by atoms with E-state index in [1.807, 2.05) is 52.8 Å². The number of aryl methyl sites for hydroxylation is 1. The summed E-state index contributed by atoms with van der Waals surface area (Å²) in [5.41, 5.74) is 9.45. The van der Waals surface area contributed by atoms with Gasteiger partial charge < -0.3 is 20.0 Å². The fourth-order valence-corrected chi connectivity index (χ4v) is 5.62. The molecule has 4 N–H and O–H groups in total. The van der Waals surface area contributed by atoms with Crippen LogP contribution in [0.3, 0.4) is 0 Å². The summed E-state index contributed by atoms with van der Waals surface area (Å²) in [6, 6.07) is 8.09. The first-order valence-corrected chi connectivity index (χ1v) is 12.9. The lowest BCUT2D eigenvalue weighted by Gasteiger charge is -2.41. The Morgan fingerprint density at radius 3 is 2.61 bits per heavy atom. The molecule has 1 atom stereocenters. The van der Waals surface area contributed by atoms with Crippen molar-refractivity contribution >= 4 is 0 Å². The molecule has 1 unspecified atom stereocenters. The third-order valence-electron chi connectivity index (χ3n) is 7.63.